The third-order valence-electron chi connectivity index (χ3n) is 3.62. The first kappa shape index (κ1) is 15.6. The number of hydrogen-bond donors (Lipinski definition) is 2. The highest BCUT2D eigenvalue weighted by Crippen LogP contribution is 2.30. The van der Waals surface area contributed by atoms with Crippen LogP contribution in [0.25, 0.3) is 0 Å². The van der Waals surface area contributed by atoms with Crippen LogP contribution in [0.5, 0.6) is 0 Å². The molecule has 1 fully saturated rings. The zero-order valence-corrected chi connectivity index (χ0v) is 13.0. The van der Waals surface area contributed by atoms with Crippen molar-refractivity contribution < 1.29 is 9.59 Å². The van der Waals surface area contributed by atoms with E-state index >= 15 is 0 Å². The number of rotatable bonds is 5. The van der Waals surface area contributed by atoms with Gasteiger partial charge in [0.05, 0.1) is 28.6 Å². The molecule has 0 atom stereocenters. The largest absolute Gasteiger partial charge is 0.381 e. The number of nitrogens with one attached hydrogen (secondary N) is 2. The van der Waals surface area contributed by atoms with E-state index in [1.807, 2.05) is 0 Å². The Hall–Kier alpha value is -3.27. The fraction of sp³-hybridized carbons (Fsp3) is 0.235. The Morgan fingerprint density at radius 3 is 2.75 bits per heavy atom. The topological polar surface area (TPSA) is 108 Å². The second-order valence-corrected chi connectivity index (χ2v) is 5.59. The summed E-state index contributed by atoms with van der Waals surface area (Å²) in [4.78, 5) is 31.8. The Kier molecular flexibility index (Phi) is 4.20. The number of carbonyl (C=O) groups is 2. The van der Waals surface area contributed by atoms with E-state index in [0.29, 0.717) is 23.0 Å². The molecule has 1 aliphatic rings. The van der Waals surface area contributed by atoms with E-state index in [1.54, 1.807) is 18.2 Å². The Morgan fingerprint density at radius 2 is 2.08 bits per heavy atom. The van der Waals surface area contributed by atoms with Crippen LogP contribution >= 0.6 is 0 Å². The minimum Gasteiger partial charge on any atom is -0.381 e. The first-order valence-electron chi connectivity index (χ1n) is 7.51. The molecule has 0 unspecified atom stereocenters. The molecule has 24 heavy (non-hydrogen) atoms. The molecule has 1 aromatic heterocycles. The van der Waals surface area contributed by atoms with Gasteiger partial charge >= 0.3 is 0 Å². The van der Waals surface area contributed by atoms with Gasteiger partial charge in [0.2, 0.25) is 0 Å². The molecule has 0 bridgehead atoms. The van der Waals surface area contributed by atoms with Gasteiger partial charge in [0, 0.05) is 19.2 Å². The van der Waals surface area contributed by atoms with Crippen molar-refractivity contribution in [2.75, 3.05) is 10.6 Å². The first-order valence-corrected chi connectivity index (χ1v) is 7.51. The van der Waals surface area contributed by atoms with Crippen LogP contribution in [-0.2, 0) is 0 Å². The van der Waals surface area contributed by atoms with Crippen LogP contribution in [0, 0.1) is 11.3 Å². The smallest absolute Gasteiger partial charge is 0.259 e. The molecule has 1 saturated carbocycles. The maximum atomic E-state index is 12.5. The highest BCUT2D eigenvalue weighted by atomic mass is 16.2. The van der Waals surface area contributed by atoms with Crippen molar-refractivity contribution >= 4 is 23.1 Å². The van der Waals surface area contributed by atoms with Gasteiger partial charge in [-0.05, 0) is 31.0 Å². The second kappa shape index (κ2) is 6.46. The number of amides is 1. The fourth-order valence-corrected chi connectivity index (χ4v) is 2.26. The lowest BCUT2D eigenvalue weighted by atomic mass is 10.1. The maximum Gasteiger partial charge on any atom is 0.259 e. The van der Waals surface area contributed by atoms with Crippen molar-refractivity contribution in [2.24, 2.45) is 0 Å². The van der Waals surface area contributed by atoms with Gasteiger partial charge in [-0.15, -0.1) is 0 Å². The van der Waals surface area contributed by atoms with E-state index in [2.05, 4.69) is 26.7 Å². The molecule has 0 spiro atoms. The van der Waals surface area contributed by atoms with Crippen molar-refractivity contribution in [1.29, 1.82) is 5.26 Å². The minimum atomic E-state index is -0.468. The van der Waals surface area contributed by atoms with E-state index < -0.39 is 5.91 Å². The van der Waals surface area contributed by atoms with Crippen LogP contribution in [0.1, 0.15) is 46.2 Å². The molecular formula is C17H15N5O2. The monoisotopic (exact) mass is 321 g/mol. The van der Waals surface area contributed by atoms with Gasteiger partial charge in [-0.1, -0.05) is 0 Å². The summed E-state index contributed by atoms with van der Waals surface area (Å²) in [6.45, 7) is 1.35. The Morgan fingerprint density at radius 1 is 1.29 bits per heavy atom. The molecule has 2 N–H and O–H groups in total. The molecule has 3 rings (SSSR count). The van der Waals surface area contributed by atoms with Gasteiger partial charge in [-0.25, -0.2) is 9.97 Å². The van der Waals surface area contributed by atoms with Gasteiger partial charge in [0.15, 0.2) is 5.78 Å². The zero-order valence-electron chi connectivity index (χ0n) is 13.0. The van der Waals surface area contributed by atoms with Crippen LogP contribution in [0.3, 0.4) is 0 Å². The lowest BCUT2D eigenvalue weighted by molar-refractivity contribution is 0.0981. The maximum absolute atomic E-state index is 12.5. The number of aromatic nitrogens is 2. The summed E-state index contributed by atoms with van der Waals surface area (Å²) in [6.07, 6.45) is 4.67. The summed E-state index contributed by atoms with van der Waals surface area (Å²) in [5, 5.41) is 15.1. The predicted molar refractivity (Wildman–Crippen MR) is 87.8 cm³/mol. The summed E-state index contributed by atoms with van der Waals surface area (Å²) in [5.74, 6) is -0.775. The van der Waals surface area contributed by atoms with E-state index in [4.69, 9.17) is 5.26 Å². The summed E-state index contributed by atoms with van der Waals surface area (Å²) < 4.78 is 0. The Balaban J connectivity index is 1.89. The molecule has 0 aliphatic heterocycles. The number of anilines is 2. The van der Waals surface area contributed by atoms with Crippen LogP contribution in [0.15, 0.2) is 30.7 Å². The van der Waals surface area contributed by atoms with Gasteiger partial charge in [-0.2, -0.15) is 5.26 Å². The van der Waals surface area contributed by atoms with Crippen LogP contribution in [-0.4, -0.2) is 27.7 Å². The molecule has 7 nitrogen and oxygen atoms in total. The SMILES string of the molecule is CC(=O)c1ncncc1C(=O)Nc1ccc(C#N)cc1NC1CC1. The molecule has 1 heterocycles. The van der Waals surface area contributed by atoms with Gasteiger partial charge in [-0.3, -0.25) is 9.59 Å². The summed E-state index contributed by atoms with van der Waals surface area (Å²) in [6, 6.07) is 7.43. The molecule has 1 aliphatic carbocycles. The molecule has 120 valence electrons. The number of ketones is 1. The number of Topliss-reactive ketones (excluding diaryl/α,β-unsaturated/α-hetero) is 1. The van der Waals surface area contributed by atoms with Crippen LogP contribution in [0.2, 0.25) is 0 Å². The summed E-state index contributed by atoms with van der Waals surface area (Å²) in [7, 11) is 0. The number of hydrogen-bond acceptors (Lipinski definition) is 6. The first-order chi connectivity index (χ1) is 11.6. The van der Waals surface area contributed by atoms with E-state index in [0.717, 1.165) is 12.8 Å². The average molecular weight is 321 g/mol. The minimum absolute atomic E-state index is 0.0767. The normalized spacial score (nSPS) is 13.0. The standard InChI is InChI=1S/C17H15N5O2/c1-10(23)16-13(8-19-9-20-16)17(24)22-14-5-2-11(7-18)6-15(14)21-12-3-4-12/h2,5-6,8-9,12,21H,3-4H2,1H3,(H,22,24). The van der Waals surface area contributed by atoms with Crippen molar-refractivity contribution in [3.05, 3.63) is 47.5 Å². The number of nitrogens with zero attached hydrogens (tertiary/aromatic N) is 3. The molecule has 1 aromatic carbocycles. The van der Waals surface area contributed by atoms with Gasteiger partial charge in [0.1, 0.15) is 12.0 Å². The van der Waals surface area contributed by atoms with Crippen molar-refractivity contribution in [3.63, 3.8) is 0 Å². The molecule has 0 saturated heterocycles. The van der Waals surface area contributed by atoms with E-state index in [9.17, 15) is 9.59 Å². The summed E-state index contributed by atoms with van der Waals surface area (Å²) >= 11 is 0. The molecule has 0 radical (unpaired) electrons. The highest BCUT2D eigenvalue weighted by molar-refractivity contribution is 6.11. The van der Waals surface area contributed by atoms with E-state index in [-0.39, 0.29) is 17.0 Å². The van der Waals surface area contributed by atoms with Gasteiger partial charge < -0.3 is 10.6 Å². The number of benzene rings is 1. The molecule has 7 heteroatoms. The molecule has 2 aromatic rings. The van der Waals surface area contributed by atoms with Crippen molar-refractivity contribution in [2.45, 2.75) is 25.8 Å². The number of nitriles is 1. The zero-order chi connectivity index (χ0) is 17.1. The fourth-order valence-electron chi connectivity index (χ4n) is 2.26. The predicted octanol–water partition coefficient (Wildman–Crippen LogP) is 2.38. The lowest BCUT2D eigenvalue weighted by Gasteiger charge is -2.13. The van der Waals surface area contributed by atoms with Crippen LogP contribution in [0.4, 0.5) is 11.4 Å². The Labute approximate surface area is 138 Å². The molecular weight excluding hydrogens is 306 g/mol. The Bertz CT molecular complexity index is 852. The molecule has 1 amide bonds. The quantitative estimate of drug-likeness (QED) is 0.819. The highest BCUT2D eigenvalue weighted by Gasteiger charge is 2.23. The van der Waals surface area contributed by atoms with Crippen LogP contribution < -0.4 is 10.6 Å². The third-order valence-corrected chi connectivity index (χ3v) is 3.62. The van der Waals surface area contributed by atoms with Crippen molar-refractivity contribution in [1.82, 2.24) is 9.97 Å². The second-order valence-electron chi connectivity index (χ2n) is 5.59. The average Bonchev–Trinajstić information content (AvgIpc) is 3.40. The number of carbonyl (C=O) groups excluding carboxylic acids is 2. The van der Waals surface area contributed by atoms with Crippen molar-refractivity contribution in [3.8, 4) is 6.07 Å². The third kappa shape index (κ3) is 3.38. The van der Waals surface area contributed by atoms with Gasteiger partial charge in [0.25, 0.3) is 5.91 Å². The van der Waals surface area contributed by atoms with E-state index in [1.165, 1.54) is 19.4 Å². The lowest BCUT2D eigenvalue weighted by Crippen LogP contribution is -2.18. The summed E-state index contributed by atoms with van der Waals surface area (Å²) in [5.41, 5.74) is 1.93.